The maximum Gasteiger partial charge on any atom is 0.193 e. The summed E-state index contributed by atoms with van der Waals surface area (Å²) in [6.07, 6.45) is 6.61. The minimum absolute atomic E-state index is 0. The van der Waals surface area contributed by atoms with Crippen LogP contribution in [0.15, 0.2) is 4.99 Å². The molecule has 0 aromatic heterocycles. The number of likely N-dealkylation sites (tertiary alicyclic amines) is 2. The summed E-state index contributed by atoms with van der Waals surface area (Å²) >= 11 is 0. The molecule has 4 nitrogen and oxygen atoms in total. The Morgan fingerprint density at radius 2 is 1.86 bits per heavy atom. The second-order valence-corrected chi connectivity index (χ2v) is 6.72. The van der Waals surface area contributed by atoms with Crippen LogP contribution in [0.5, 0.6) is 0 Å². The van der Waals surface area contributed by atoms with Crippen molar-refractivity contribution in [2.24, 2.45) is 16.8 Å². The molecule has 2 saturated heterocycles. The molecule has 130 valence electrons. The molecule has 2 rings (SSSR count). The number of nitrogens with one attached hydrogen (secondary N) is 1. The third-order valence-electron chi connectivity index (χ3n) is 5.22. The Morgan fingerprint density at radius 1 is 1.18 bits per heavy atom. The SMILES string of the molecule is CCC(CC)CNC(=NC)N1CCC(CN2CCCC2)C1.I. The summed E-state index contributed by atoms with van der Waals surface area (Å²) in [5.41, 5.74) is 0. The van der Waals surface area contributed by atoms with Gasteiger partial charge in [0.2, 0.25) is 0 Å². The normalized spacial score (nSPS) is 23.2. The number of aliphatic imine (C=N–C) groups is 1. The van der Waals surface area contributed by atoms with Gasteiger partial charge < -0.3 is 15.1 Å². The number of hydrogen-bond acceptors (Lipinski definition) is 2. The van der Waals surface area contributed by atoms with Crippen LogP contribution in [0.4, 0.5) is 0 Å². The lowest BCUT2D eigenvalue weighted by atomic mass is 10.0. The summed E-state index contributed by atoms with van der Waals surface area (Å²) in [6, 6.07) is 0. The first kappa shape index (κ1) is 20.0. The fraction of sp³-hybridized carbons (Fsp3) is 0.941. The molecule has 2 fully saturated rings. The molecule has 22 heavy (non-hydrogen) atoms. The van der Waals surface area contributed by atoms with Crippen molar-refractivity contribution in [3.05, 3.63) is 0 Å². The number of nitrogens with zero attached hydrogens (tertiary/aromatic N) is 3. The molecule has 1 atom stereocenters. The summed E-state index contributed by atoms with van der Waals surface area (Å²) in [6.45, 7) is 11.9. The van der Waals surface area contributed by atoms with Crippen LogP contribution < -0.4 is 5.32 Å². The molecule has 1 N–H and O–H groups in total. The van der Waals surface area contributed by atoms with Crippen molar-refractivity contribution in [1.82, 2.24) is 15.1 Å². The maximum absolute atomic E-state index is 4.49. The highest BCUT2D eigenvalue weighted by molar-refractivity contribution is 14.0. The Balaban J connectivity index is 0.00000242. The van der Waals surface area contributed by atoms with Crippen LogP contribution in [-0.4, -0.2) is 62.1 Å². The number of hydrogen-bond donors (Lipinski definition) is 1. The van der Waals surface area contributed by atoms with Gasteiger partial charge in [-0.1, -0.05) is 26.7 Å². The third kappa shape index (κ3) is 5.87. The van der Waals surface area contributed by atoms with Crippen molar-refractivity contribution in [2.45, 2.75) is 46.0 Å². The minimum Gasteiger partial charge on any atom is -0.356 e. The van der Waals surface area contributed by atoms with Crippen LogP contribution in [-0.2, 0) is 0 Å². The van der Waals surface area contributed by atoms with Crippen molar-refractivity contribution in [3.8, 4) is 0 Å². The highest BCUT2D eigenvalue weighted by Crippen LogP contribution is 2.20. The molecule has 0 amide bonds. The first-order chi connectivity index (χ1) is 10.3. The van der Waals surface area contributed by atoms with Gasteiger partial charge in [0.05, 0.1) is 0 Å². The average Bonchev–Trinajstić information content (AvgIpc) is 3.16. The first-order valence-electron chi connectivity index (χ1n) is 8.94. The summed E-state index contributed by atoms with van der Waals surface area (Å²) in [5, 5.41) is 3.59. The molecule has 2 aliphatic heterocycles. The highest BCUT2D eigenvalue weighted by atomic mass is 127. The van der Waals surface area contributed by atoms with Gasteiger partial charge in [0.1, 0.15) is 0 Å². The molecule has 0 aliphatic carbocycles. The Morgan fingerprint density at radius 3 is 2.45 bits per heavy atom. The van der Waals surface area contributed by atoms with E-state index in [0.717, 1.165) is 24.3 Å². The Kier molecular flexibility index (Phi) is 9.71. The molecule has 0 radical (unpaired) electrons. The lowest BCUT2D eigenvalue weighted by Crippen LogP contribution is -2.42. The molecule has 0 bridgehead atoms. The second kappa shape index (κ2) is 10.7. The second-order valence-electron chi connectivity index (χ2n) is 6.72. The Hall–Kier alpha value is -0.0400. The Labute approximate surface area is 154 Å². The van der Waals surface area contributed by atoms with E-state index in [1.807, 2.05) is 7.05 Å². The molecule has 5 heteroatoms. The molecule has 2 aliphatic rings. The quantitative estimate of drug-likeness (QED) is 0.406. The van der Waals surface area contributed by atoms with E-state index in [9.17, 15) is 0 Å². The number of rotatable bonds is 6. The van der Waals surface area contributed by atoms with Gasteiger partial charge >= 0.3 is 0 Å². The molecule has 0 spiro atoms. The smallest absolute Gasteiger partial charge is 0.193 e. The highest BCUT2D eigenvalue weighted by Gasteiger charge is 2.27. The van der Waals surface area contributed by atoms with Gasteiger partial charge in [0.25, 0.3) is 0 Å². The molecule has 2 heterocycles. The van der Waals surface area contributed by atoms with E-state index < -0.39 is 0 Å². The molecular formula is C17H35IN4. The van der Waals surface area contributed by atoms with Crippen LogP contribution in [0.25, 0.3) is 0 Å². The van der Waals surface area contributed by atoms with Gasteiger partial charge in [-0.3, -0.25) is 4.99 Å². The predicted molar refractivity (Wildman–Crippen MR) is 106 cm³/mol. The summed E-state index contributed by atoms with van der Waals surface area (Å²) in [4.78, 5) is 9.60. The topological polar surface area (TPSA) is 30.9 Å². The number of guanidine groups is 1. The van der Waals surface area contributed by atoms with Crippen LogP contribution in [0.3, 0.4) is 0 Å². The molecular weight excluding hydrogens is 387 g/mol. The van der Waals surface area contributed by atoms with Crippen LogP contribution >= 0.6 is 24.0 Å². The van der Waals surface area contributed by atoms with Crippen LogP contribution in [0, 0.1) is 11.8 Å². The van der Waals surface area contributed by atoms with Crippen molar-refractivity contribution in [1.29, 1.82) is 0 Å². The van der Waals surface area contributed by atoms with Gasteiger partial charge in [0.15, 0.2) is 5.96 Å². The van der Waals surface area contributed by atoms with Crippen molar-refractivity contribution in [2.75, 3.05) is 46.3 Å². The largest absolute Gasteiger partial charge is 0.356 e. The number of halogens is 1. The molecule has 1 unspecified atom stereocenters. The minimum atomic E-state index is 0. The van der Waals surface area contributed by atoms with Crippen molar-refractivity contribution >= 4 is 29.9 Å². The lowest BCUT2D eigenvalue weighted by molar-refractivity contribution is 0.281. The van der Waals surface area contributed by atoms with Crippen molar-refractivity contribution in [3.63, 3.8) is 0 Å². The van der Waals surface area contributed by atoms with E-state index in [2.05, 4.69) is 34.0 Å². The van der Waals surface area contributed by atoms with E-state index in [0.29, 0.717) is 0 Å². The van der Waals surface area contributed by atoms with E-state index in [-0.39, 0.29) is 24.0 Å². The molecule has 0 aromatic carbocycles. The van der Waals surface area contributed by atoms with Crippen LogP contribution in [0.1, 0.15) is 46.0 Å². The monoisotopic (exact) mass is 422 g/mol. The zero-order valence-electron chi connectivity index (χ0n) is 14.7. The van der Waals surface area contributed by atoms with Gasteiger partial charge in [0, 0.05) is 33.2 Å². The average molecular weight is 422 g/mol. The van der Waals surface area contributed by atoms with Crippen molar-refractivity contribution < 1.29 is 0 Å². The zero-order valence-corrected chi connectivity index (χ0v) is 17.0. The van der Waals surface area contributed by atoms with E-state index in [1.165, 1.54) is 64.8 Å². The fourth-order valence-corrected chi connectivity index (χ4v) is 3.65. The fourth-order valence-electron chi connectivity index (χ4n) is 3.65. The predicted octanol–water partition coefficient (Wildman–Crippen LogP) is 3.03. The zero-order chi connectivity index (χ0) is 15.1. The molecule has 0 aromatic rings. The third-order valence-corrected chi connectivity index (χ3v) is 5.22. The standard InChI is InChI=1S/C17H34N4.HI/c1-4-15(5-2)12-19-17(18-3)21-11-8-16(14-21)13-20-9-6-7-10-20;/h15-16H,4-14H2,1-3H3,(H,18,19);1H. The van der Waals surface area contributed by atoms with Gasteiger partial charge in [-0.25, -0.2) is 0 Å². The first-order valence-corrected chi connectivity index (χ1v) is 8.94. The maximum atomic E-state index is 4.49. The lowest BCUT2D eigenvalue weighted by Gasteiger charge is -2.24. The molecule has 0 saturated carbocycles. The van der Waals surface area contributed by atoms with E-state index in [1.54, 1.807) is 0 Å². The van der Waals surface area contributed by atoms with Gasteiger partial charge in [-0.05, 0) is 44.2 Å². The van der Waals surface area contributed by atoms with E-state index >= 15 is 0 Å². The van der Waals surface area contributed by atoms with Gasteiger partial charge in [-0.15, -0.1) is 24.0 Å². The van der Waals surface area contributed by atoms with Gasteiger partial charge in [-0.2, -0.15) is 0 Å². The Bertz CT molecular complexity index is 325. The van der Waals surface area contributed by atoms with E-state index in [4.69, 9.17) is 0 Å². The summed E-state index contributed by atoms with van der Waals surface area (Å²) in [7, 11) is 1.92. The summed E-state index contributed by atoms with van der Waals surface area (Å²) in [5.74, 6) is 2.71. The van der Waals surface area contributed by atoms with Crippen LogP contribution in [0.2, 0.25) is 0 Å². The summed E-state index contributed by atoms with van der Waals surface area (Å²) < 4.78 is 0.